The van der Waals surface area contributed by atoms with Gasteiger partial charge in [-0.3, -0.25) is 19.2 Å². The van der Waals surface area contributed by atoms with E-state index in [4.69, 9.17) is 4.74 Å². The first kappa shape index (κ1) is 37.8. The van der Waals surface area contributed by atoms with Crippen LogP contribution in [-0.2, 0) is 33.8 Å². The third-order valence-electron chi connectivity index (χ3n) is 9.84. The molecule has 1 heterocycles. The number of carbonyl (C=O) groups excluding carboxylic acids is 5. The Kier molecular flexibility index (Phi) is 11.6. The van der Waals surface area contributed by atoms with Gasteiger partial charge in [-0.15, -0.1) is 0 Å². The molecule has 12 nitrogen and oxygen atoms in total. The zero-order valence-corrected chi connectivity index (χ0v) is 30.0. The maximum Gasteiger partial charge on any atom is 0.408 e. The molecular formula is C33H56N4O8S. The number of likely N-dealkylation sites (tertiary alicyclic amines) is 1. The predicted molar refractivity (Wildman–Crippen MR) is 174 cm³/mol. The lowest BCUT2D eigenvalue weighted by atomic mass is 9.83. The molecule has 1 aliphatic heterocycles. The summed E-state index contributed by atoms with van der Waals surface area (Å²) in [5, 5.41) is 8.00. The predicted octanol–water partition coefficient (Wildman–Crippen LogP) is 3.13. The molecule has 0 spiro atoms. The number of ether oxygens (including phenoxy) is 1. The van der Waals surface area contributed by atoms with Gasteiger partial charge < -0.3 is 25.6 Å². The van der Waals surface area contributed by atoms with Crippen LogP contribution in [0.2, 0.25) is 0 Å². The van der Waals surface area contributed by atoms with Crippen molar-refractivity contribution in [3.05, 3.63) is 0 Å². The largest absolute Gasteiger partial charge is 0.444 e. The molecule has 13 heteroatoms. The molecule has 3 aliphatic rings. The molecule has 262 valence electrons. The third-order valence-corrected chi connectivity index (χ3v) is 12.5. The molecule has 0 radical (unpaired) electrons. The molecule has 1 saturated heterocycles. The number of piperidine rings is 1. The lowest BCUT2D eigenvalue weighted by Gasteiger charge is -2.37. The Morgan fingerprint density at radius 3 is 2.11 bits per heavy atom. The lowest BCUT2D eigenvalue weighted by molar-refractivity contribution is -0.145. The number of Topliss-reactive ketones (excluding diaryl/α,β-unsaturated/α-hetero) is 1. The van der Waals surface area contributed by atoms with Crippen LogP contribution in [-0.4, -0.2) is 90.2 Å². The SMILES string of the molecule is CCC[C@@H](NC(=O)[C@@H]1C2[C@H](CN1C(=O)C(NC(=O)OC(C)(C)C)C1CCCCC1)C2(C)C)C(=O)C(=O)NCCS(=O)(=O)C(C)(C)C. The summed E-state index contributed by atoms with van der Waals surface area (Å²) in [5.74, 6) is -3.16. The van der Waals surface area contributed by atoms with Crippen LogP contribution in [0, 0.1) is 23.2 Å². The standard InChI is InChI=1S/C33H56N4O8S/c1-10-14-22(26(38)28(40)34-17-18-46(43,44)32(5,6)7)35-27(39)25-23-21(33(23,8)9)19-37(25)29(41)24(20-15-12-11-13-16-20)36-30(42)45-31(2,3)4/h20-25H,10-19H2,1-9H3,(H,34,40)(H,35,39)(H,36,42)/t21-,22+,23?,24?,25-/m0/s1. The van der Waals surface area contributed by atoms with Crippen molar-refractivity contribution in [2.45, 2.75) is 136 Å². The van der Waals surface area contributed by atoms with Gasteiger partial charge in [-0.2, -0.15) is 0 Å². The summed E-state index contributed by atoms with van der Waals surface area (Å²) in [6, 6.07) is -2.86. The highest BCUT2D eigenvalue weighted by atomic mass is 32.2. The molecule has 2 unspecified atom stereocenters. The maximum absolute atomic E-state index is 14.3. The fraction of sp³-hybridized carbons (Fsp3) is 0.848. The Labute approximate surface area is 274 Å². The van der Waals surface area contributed by atoms with E-state index in [1.807, 2.05) is 6.92 Å². The lowest BCUT2D eigenvalue weighted by Crippen LogP contribution is -2.60. The fourth-order valence-electron chi connectivity index (χ4n) is 6.94. The van der Waals surface area contributed by atoms with Gasteiger partial charge in [-0.1, -0.05) is 46.5 Å². The number of sulfone groups is 1. The average molecular weight is 669 g/mol. The van der Waals surface area contributed by atoms with Gasteiger partial charge in [0.05, 0.1) is 16.5 Å². The van der Waals surface area contributed by atoms with E-state index in [2.05, 4.69) is 29.8 Å². The molecule has 2 aliphatic carbocycles. The summed E-state index contributed by atoms with van der Waals surface area (Å²) < 4.78 is 29.3. The summed E-state index contributed by atoms with van der Waals surface area (Å²) in [7, 11) is -3.51. The van der Waals surface area contributed by atoms with E-state index < -0.39 is 62.0 Å². The van der Waals surface area contributed by atoms with E-state index in [1.54, 1.807) is 46.4 Å². The molecule has 46 heavy (non-hydrogen) atoms. The molecular weight excluding hydrogens is 612 g/mol. The van der Waals surface area contributed by atoms with Crippen molar-refractivity contribution in [1.29, 1.82) is 0 Å². The van der Waals surface area contributed by atoms with Gasteiger partial charge in [0.15, 0.2) is 9.84 Å². The van der Waals surface area contributed by atoms with Crippen molar-refractivity contribution < 1.29 is 37.1 Å². The van der Waals surface area contributed by atoms with E-state index in [1.165, 1.54) is 0 Å². The molecule has 3 fully saturated rings. The van der Waals surface area contributed by atoms with Crippen molar-refractivity contribution in [3.63, 3.8) is 0 Å². The summed E-state index contributed by atoms with van der Waals surface area (Å²) in [5.41, 5.74) is -0.947. The molecule has 3 N–H and O–H groups in total. The second-order valence-corrected chi connectivity index (χ2v) is 18.7. The van der Waals surface area contributed by atoms with E-state index in [9.17, 15) is 32.4 Å². The number of ketones is 1. The molecule has 0 aromatic rings. The van der Waals surface area contributed by atoms with Crippen molar-refractivity contribution in [3.8, 4) is 0 Å². The quantitative estimate of drug-likeness (QED) is 0.267. The highest BCUT2D eigenvalue weighted by Crippen LogP contribution is 2.65. The zero-order chi connectivity index (χ0) is 34.8. The Bertz CT molecular complexity index is 1280. The van der Waals surface area contributed by atoms with Crippen molar-refractivity contribution >= 4 is 39.4 Å². The first-order chi connectivity index (χ1) is 21.1. The van der Waals surface area contributed by atoms with Crippen LogP contribution in [0.15, 0.2) is 0 Å². The minimum atomic E-state index is -3.51. The maximum atomic E-state index is 14.3. The van der Waals surface area contributed by atoms with Crippen LogP contribution < -0.4 is 16.0 Å². The summed E-state index contributed by atoms with van der Waals surface area (Å²) >= 11 is 0. The Hall–Kier alpha value is -2.70. The van der Waals surface area contributed by atoms with Gasteiger partial charge in [-0.05, 0) is 84.0 Å². The molecule has 0 aromatic carbocycles. The number of amides is 4. The van der Waals surface area contributed by atoms with Gasteiger partial charge in [0.25, 0.3) is 5.91 Å². The van der Waals surface area contributed by atoms with Crippen LogP contribution in [0.4, 0.5) is 4.79 Å². The van der Waals surface area contributed by atoms with Crippen LogP contribution in [0.1, 0.15) is 107 Å². The molecule has 0 aromatic heterocycles. The van der Waals surface area contributed by atoms with Crippen molar-refractivity contribution in [2.75, 3.05) is 18.8 Å². The number of hydrogen-bond donors (Lipinski definition) is 3. The minimum absolute atomic E-state index is 0.0779. The number of nitrogens with one attached hydrogen (secondary N) is 3. The smallest absolute Gasteiger partial charge is 0.408 e. The normalized spacial score (nSPS) is 24.3. The number of hydrogen-bond acceptors (Lipinski definition) is 8. The minimum Gasteiger partial charge on any atom is -0.444 e. The number of rotatable bonds is 12. The summed E-state index contributed by atoms with van der Waals surface area (Å²) in [6.45, 7) is 16.0. The Balaban J connectivity index is 1.78. The Morgan fingerprint density at radius 2 is 1.57 bits per heavy atom. The first-order valence-corrected chi connectivity index (χ1v) is 18.4. The van der Waals surface area contributed by atoms with Gasteiger partial charge in [0.2, 0.25) is 17.6 Å². The van der Waals surface area contributed by atoms with Crippen LogP contribution in [0.25, 0.3) is 0 Å². The Morgan fingerprint density at radius 1 is 0.957 bits per heavy atom. The van der Waals surface area contributed by atoms with Gasteiger partial charge in [-0.25, -0.2) is 13.2 Å². The number of carbonyl (C=O) groups is 5. The van der Waals surface area contributed by atoms with Crippen molar-refractivity contribution in [1.82, 2.24) is 20.9 Å². The van der Waals surface area contributed by atoms with Gasteiger partial charge >= 0.3 is 6.09 Å². The van der Waals surface area contributed by atoms with E-state index >= 15 is 0 Å². The topological polar surface area (TPSA) is 168 Å². The summed E-state index contributed by atoms with van der Waals surface area (Å²) in [4.78, 5) is 68.6. The van der Waals surface area contributed by atoms with Crippen molar-refractivity contribution in [2.24, 2.45) is 23.2 Å². The van der Waals surface area contributed by atoms with Crippen LogP contribution in [0.5, 0.6) is 0 Å². The molecule has 5 atom stereocenters. The fourth-order valence-corrected chi connectivity index (χ4v) is 7.92. The third kappa shape index (κ3) is 8.80. The zero-order valence-electron chi connectivity index (χ0n) is 29.2. The van der Waals surface area contributed by atoms with E-state index in [-0.39, 0.29) is 47.8 Å². The summed E-state index contributed by atoms with van der Waals surface area (Å²) in [6.07, 6.45) is 4.50. The number of fused-ring (bicyclic) bond motifs is 1. The van der Waals surface area contributed by atoms with Crippen LogP contribution >= 0.6 is 0 Å². The van der Waals surface area contributed by atoms with E-state index in [0.717, 1.165) is 32.1 Å². The van der Waals surface area contributed by atoms with Gasteiger partial charge in [0.1, 0.15) is 17.7 Å². The number of nitrogens with zero attached hydrogens (tertiary/aromatic N) is 1. The van der Waals surface area contributed by atoms with Gasteiger partial charge in [0, 0.05) is 13.1 Å². The molecule has 3 rings (SSSR count). The highest BCUT2D eigenvalue weighted by Gasteiger charge is 2.69. The molecule has 4 amide bonds. The highest BCUT2D eigenvalue weighted by molar-refractivity contribution is 7.92. The van der Waals surface area contributed by atoms with E-state index in [0.29, 0.717) is 13.0 Å². The second-order valence-electron chi connectivity index (χ2n) is 15.8. The monoisotopic (exact) mass is 668 g/mol. The second kappa shape index (κ2) is 14.2. The first-order valence-electron chi connectivity index (χ1n) is 16.8. The molecule has 2 saturated carbocycles. The number of alkyl carbamates (subject to hydrolysis) is 1. The molecule has 0 bridgehead atoms. The average Bonchev–Trinajstić information content (AvgIpc) is 3.26. The van der Waals surface area contributed by atoms with Crippen LogP contribution in [0.3, 0.4) is 0 Å².